The van der Waals surface area contributed by atoms with Gasteiger partial charge in [0.15, 0.2) is 0 Å². The molecule has 8 N–H and O–H groups in total. The molecule has 3 aromatic rings. The van der Waals surface area contributed by atoms with E-state index in [1.807, 2.05) is 0 Å². The second-order valence-electron chi connectivity index (χ2n) is 5.36. The van der Waals surface area contributed by atoms with Gasteiger partial charge in [0.25, 0.3) is 11.1 Å². The van der Waals surface area contributed by atoms with Gasteiger partial charge in [-0.1, -0.05) is 23.7 Å². The van der Waals surface area contributed by atoms with Gasteiger partial charge in [-0.25, -0.2) is 0 Å². The van der Waals surface area contributed by atoms with Gasteiger partial charge in [0.2, 0.25) is 23.7 Å². The van der Waals surface area contributed by atoms with Crippen LogP contribution in [0, 0.1) is 0 Å². The summed E-state index contributed by atoms with van der Waals surface area (Å²) in [5.41, 5.74) is 9.03. The van der Waals surface area contributed by atoms with Crippen LogP contribution in [0.2, 0.25) is 5.02 Å². The number of hydrogen-bond acceptors (Lipinski definition) is 8. The van der Waals surface area contributed by atoms with E-state index in [9.17, 15) is 19.8 Å². The second kappa shape index (κ2) is 6.41. The third kappa shape index (κ3) is 3.05. The lowest BCUT2D eigenvalue weighted by atomic mass is 9.87. The summed E-state index contributed by atoms with van der Waals surface area (Å²) in [6.45, 7) is 0. The molecule has 0 saturated carbocycles. The molecule has 3 rings (SSSR count). The lowest BCUT2D eigenvalue weighted by Gasteiger charge is -2.18. The fourth-order valence-corrected chi connectivity index (χ4v) is 2.75. The molecule has 0 radical (unpaired) electrons. The third-order valence-corrected chi connectivity index (χ3v) is 3.94. The van der Waals surface area contributed by atoms with Gasteiger partial charge in [-0.05, 0) is 17.7 Å². The van der Waals surface area contributed by atoms with Gasteiger partial charge >= 0.3 is 0 Å². The number of hydrogen-bond donors (Lipinski definition) is 6. The molecule has 0 fully saturated rings. The molecule has 2 heterocycles. The van der Waals surface area contributed by atoms with Crippen molar-refractivity contribution in [3.8, 4) is 11.8 Å². The van der Waals surface area contributed by atoms with Crippen molar-refractivity contribution in [2.75, 3.05) is 11.5 Å². The molecule has 134 valence electrons. The minimum Gasteiger partial charge on any atom is -0.493 e. The number of aromatic hydroxyl groups is 2. The highest BCUT2D eigenvalue weighted by atomic mass is 35.5. The highest BCUT2D eigenvalue weighted by Gasteiger charge is 2.30. The summed E-state index contributed by atoms with van der Waals surface area (Å²) in [6.07, 6.45) is 0. The minimum absolute atomic E-state index is 0.297. The van der Waals surface area contributed by atoms with Crippen LogP contribution in [0.25, 0.3) is 0 Å². The predicted molar refractivity (Wildman–Crippen MR) is 94.3 cm³/mol. The third-order valence-electron chi connectivity index (χ3n) is 3.69. The molecule has 0 aliphatic rings. The van der Waals surface area contributed by atoms with Crippen LogP contribution in [0.3, 0.4) is 0 Å². The highest BCUT2D eigenvalue weighted by Crippen LogP contribution is 2.35. The lowest BCUT2D eigenvalue weighted by Crippen LogP contribution is -2.26. The van der Waals surface area contributed by atoms with Gasteiger partial charge < -0.3 is 21.7 Å². The molecule has 10 nitrogen and oxygen atoms in total. The van der Waals surface area contributed by atoms with Crippen LogP contribution in [-0.4, -0.2) is 30.1 Å². The molecule has 0 unspecified atom stereocenters. The maximum Gasteiger partial charge on any atom is 0.260 e. The Morgan fingerprint density at radius 1 is 0.885 bits per heavy atom. The Labute approximate surface area is 150 Å². The number of H-pyrrole nitrogens is 2. The molecule has 2 aromatic heterocycles. The molecular formula is C15H13ClN6O4. The van der Waals surface area contributed by atoms with Crippen LogP contribution in [0.4, 0.5) is 11.9 Å². The number of nitrogens with two attached hydrogens (primary N) is 2. The topological polar surface area (TPSA) is 184 Å². The largest absolute Gasteiger partial charge is 0.493 e. The zero-order valence-corrected chi connectivity index (χ0v) is 13.8. The number of aromatic amines is 2. The Morgan fingerprint density at radius 2 is 1.31 bits per heavy atom. The number of nitrogen functional groups attached to an aromatic ring is 2. The molecule has 0 aliphatic carbocycles. The first kappa shape index (κ1) is 17.3. The van der Waals surface area contributed by atoms with Gasteiger partial charge in [-0.2, -0.15) is 9.97 Å². The first-order chi connectivity index (χ1) is 12.3. The van der Waals surface area contributed by atoms with Crippen molar-refractivity contribution < 1.29 is 10.2 Å². The van der Waals surface area contributed by atoms with Gasteiger partial charge in [-0.15, -0.1) is 0 Å². The summed E-state index contributed by atoms with van der Waals surface area (Å²) in [5, 5.41) is 20.8. The van der Waals surface area contributed by atoms with Crippen molar-refractivity contribution in [3.05, 3.63) is 66.7 Å². The smallest absolute Gasteiger partial charge is 0.260 e. The van der Waals surface area contributed by atoms with Crippen LogP contribution >= 0.6 is 11.6 Å². The average Bonchev–Trinajstić information content (AvgIpc) is 2.52. The summed E-state index contributed by atoms with van der Waals surface area (Å²) in [5.74, 6) is -3.20. The van der Waals surface area contributed by atoms with Gasteiger partial charge in [0.05, 0.1) is 17.0 Å². The predicted octanol–water partition coefficient (Wildman–Crippen LogP) is 0.262. The average molecular weight is 377 g/mol. The number of nitrogens with zero attached hydrogens (tertiary/aromatic N) is 2. The summed E-state index contributed by atoms with van der Waals surface area (Å²) < 4.78 is 0. The molecule has 0 aliphatic heterocycles. The second-order valence-corrected chi connectivity index (χ2v) is 5.80. The summed E-state index contributed by atoms with van der Waals surface area (Å²) in [7, 11) is 0. The zero-order valence-electron chi connectivity index (χ0n) is 13.0. The molecule has 0 bridgehead atoms. The number of aromatic nitrogens is 4. The van der Waals surface area contributed by atoms with E-state index in [-0.39, 0.29) is 23.0 Å². The number of rotatable bonds is 3. The molecule has 1 aromatic carbocycles. The van der Waals surface area contributed by atoms with Crippen LogP contribution < -0.4 is 22.6 Å². The van der Waals surface area contributed by atoms with Crippen LogP contribution in [0.1, 0.15) is 22.6 Å². The highest BCUT2D eigenvalue weighted by molar-refractivity contribution is 6.30. The lowest BCUT2D eigenvalue weighted by molar-refractivity contribution is 0.433. The fraction of sp³-hybridized carbons (Fsp3) is 0.0667. The standard InChI is InChI=1S/C15H13ClN6O4/c16-6-3-1-5(2-4-6)7(8-10(23)19-14(17)20-11(8)24)9-12(25)21-15(18)22-13(9)26/h1-4,7H,(H4,17,19,20,23,24)(H4,18,21,22,25,26). The Morgan fingerprint density at radius 3 is 1.69 bits per heavy atom. The number of nitrogens with one attached hydrogen (secondary N) is 2. The van der Waals surface area contributed by atoms with E-state index in [1.165, 1.54) is 24.3 Å². The quantitative estimate of drug-likeness (QED) is 0.376. The van der Waals surface area contributed by atoms with Gasteiger partial charge in [0.1, 0.15) is 0 Å². The van der Waals surface area contributed by atoms with Crippen molar-refractivity contribution in [2.24, 2.45) is 0 Å². The number of halogens is 1. The maximum atomic E-state index is 12.4. The Kier molecular flexibility index (Phi) is 4.26. The van der Waals surface area contributed by atoms with E-state index < -0.39 is 28.8 Å². The molecule has 0 spiro atoms. The fourth-order valence-electron chi connectivity index (χ4n) is 2.63. The maximum absolute atomic E-state index is 12.4. The van der Waals surface area contributed by atoms with Crippen LogP contribution in [0.15, 0.2) is 33.9 Å². The monoisotopic (exact) mass is 376 g/mol. The van der Waals surface area contributed by atoms with E-state index in [0.29, 0.717) is 10.6 Å². The SMILES string of the molecule is Nc1nc(O)c(C(c2ccc(Cl)cc2)c2c(O)nc(N)[nH]c2=O)c(=O)[nH]1. The Hall–Kier alpha value is -3.53. The Bertz CT molecular complexity index is 1030. The summed E-state index contributed by atoms with van der Waals surface area (Å²) >= 11 is 5.88. The van der Waals surface area contributed by atoms with E-state index in [1.54, 1.807) is 0 Å². The summed E-state index contributed by atoms with van der Waals surface area (Å²) in [4.78, 5) is 36.5. The normalized spacial score (nSPS) is 11.0. The molecule has 0 amide bonds. The van der Waals surface area contributed by atoms with E-state index in [4.69, 9.17) is 23.1 Å². The molecule has 11 heteroatoms. The zero-order chi connectivity index (χ0) is 19.0. The molecule has 0 saturated heterocycles. The van der Waals surface area contributed by atoms with Crippen molar-refractivity contribution in [2.45, 2.75) is 5.92 Å². The first-order valence-electron chi connectivity index (χ1n) is 7.20. The van der Waals surface area contributed by atoms with Crippen molar-refractivity contribution in [1.82, 2.24) is 19.9 Å². The number of anilines is 2. The van der Waals surface area contributed by atoms with Gasteiger partial charge in [-0.3, -0.25) is 19.6 Å². The van der Waals surface area contributed by atoms with Gasteiger partial charge in [0, 0.05) is 5.02 Å². The van der Waals surface area contributed by atoms with Crippen molar-refractivity contribution >= 4 is 23.5 Å². The van der Waals surface area contributed by atoms with Crippen molar-refractivity contribution in [3.63, 3.8) is 0 Å². The summed E-state index contributed by atoms with van der Waals surface area (Å²) in [6, 6.07) is 6.10. The molecule has 26 heavy (non-hydrogen) atoms. The molecule has 0 atom stereocenters. The van der Waals surface area contributed by atoms with Crippen LogP contribution in [-0.2, 0) is 0 Å². The number of benzene rings is 1. The van der Waals surface area contributed by atoms with Crippen molar-refractivity contribution in [1.29, 1.82) is 0 Å². The molecular weight excluding hydrogens is 364 g/mol. The Balaban J connectivity index is 2.38. The van der Waals surface area contributed by atoms with Crippen LogP contribution in [0.5, 0.6) is 11.8 Å². The van der Waals surface area contributed by atoms with E-state index >= 15 is 0 Å². The van der Waals surface area contributed by atoms with E-state index in [0.717, 1.165) is 0 Å². The minimum atomic E-state index is -1.21. The first-order valence-corrected chi connectivity index (χ1v) is 7.58. The van der Waals surface area contributed by atoms with E-state index in [2.05, 4.69) is 19.9 Å².